The first-order valence-corrected chi connectivity index (χ1v) is 5.73. The van der Waals surface area contributed by atoms with E-state index >= 15 is 0 Å². The van der Waals surface area contributed by atoms with Gasteiger partial charge >= 0.3 is 0 Å². The molecule has 0 amide bonds. The lowest BCUT2D eigenvalue weighted by molar-refractivity contribution is 0.890. The summed E-state index contributed by atoms with van der Waals surface area (Å²) in [5.74, 6) is 0.660. The van der Waals surface area contributed by atoms with Crippen molar-refractivity contribution in [3.63, 3.8) is 0 Å². The molecule has 0 N–H and O–H groups in total. The van der Waals surface area contributed by atoms with Gasteiger partial charge in [-0.3, -0.25) is 0 Å². The van der Waals surface area contributed by atoms with Crippen LogP contribution in [-0.2, 0) is 0 Å². The SMILES string of the molecule is CC/C=C(/C)c1ccc(C(C)C)s1. The Morgan fingerprint density at radius 2 is 2.15 bits per heavy atom. The summed E-state index contributed by atoms with van der Waals surface area (Å²) in [7, 11) is 0. The fourth-order valence-electron chi connectivity index (χ4n) is 1.28. The third-order valence-electron chi connectivity index (χ3n) is 2.09. The molecule has 0 saturated heterocycles. The van der Waals surface area contributed by atoms with Gasteiger partial charge in [-0.15, -0.1) is 11.3 Å². The molecule has 0 aliphatic rings. The molecule has 0 aliphatic heterocycles. The standard InChI is InChI=1S/C12H18S/c1-5-6-10(4)12-8-7-11(13-12)9(2)3/h6-9H,5H2,1-4H3/b10-6-. The minimum Gasteiger partial charge on any atom is -0.140 e. The Kier molecular flexibility index (Phi) is 3.73. The van der Waals surface area contributed by atoms with Crippen LogP contribution in [0.25, 0.3) is 5.57 Å². The maximum Gasteiger partial charge on any atom is 0.0299 e. The molecule has 1 rings (SSSR count). The first-order chi connectivity index (χ1) is 6.15. The third-order valence-corrected chi connectivity index (χ3v) is 3.62. The van der Waals surface area contributed by atoms with Crippen LogP contribution in [0.15, 0.2) is 18.2 Å². The van der Waals surface area contributed by atoms with Gasteiger partial charge in [0.15, 0.2) is 0 Å². The van der Waals surface area contributed by atoms with Crippen LogP contribution in [0.5, 0.6) is 0 Å². The predicted molar refractivity (Wildman–Crippen MR) is 62.4 cm³/mol. The van der Waals surface area contributed by atoms with Crippen molar-refractivity contribution < 1.29 is 0 Å². The topological polar surface area (TPSA) is 0 Å². The number of thiophene rings is 1. The summed E-state index contributed by atoms with van der Waals surface area (Å²) in [5, 5.41) is 0. The van der Waals surface area contributed by atoms with E-state index in [4.69, 9.17) is 0 Å². The highest BCUT2D eigenvalue weighted by Crippen LogP contribution is 2.28. The molecule has 0 unspecified atom stereocenters. The normalized spacial score (nSPS) is 12.5. The molecule has 72 valence electrons. The lowest BCUT2D eigenvalue weighted by atomic mass is 10.2. The summed E-state index contributed by atoms with van der Waals surface area (Å²) in [6, 6.07) is 4.49. The maximum absolute atomic E-state index is 2.29. The molecule has 1 heterocycles. The molecule has 0 bridgehead atoms. The molecule has 1 heteroatoms. The van der Waals surface area contributed by atoms with Crippen LogP contribution in [-0.4, -0.2) is 0 Å². The van der Waals surface area contributed by atoms with Gasteiger partial charge in [-0.05, 0) is 37.0 Å². The summed E-state index contributed by atoms with van der Waals surface area (Å²) in [6.45, 7) is 8.86. The van der Waals surface area contributed by atoms with Crippen LogP contribution in [0, 0.1) is 0 Å². The zero-order chi connectivity index (χ0) is 9.84. The van der Waals surface area contributed by atoms with E-state index in [1.165, 1.54) is 15.3 Å². The van der Waals surface area contributed by atoms with Gasteiger partial charge in [0, 0.05) is 9.75 Å². The molecule has 0 aliphatic carbocycles. The molecule has 1 aromatic rings. The molecular weight excluding hydrogens is 176 g/mol. The van der Waals surface area contributed by atoms with E-state index in [-0.39, 0.29) is 0 Å². The van der Waals surface area contributed by atoms with Crippen molar-refractivity contribution in [3.05, 3.63) is 28.0 Å². The van der Waals surface area contributed by atoms with Crippen LogP contribution < -0.4 is 0 Å². The van der Waals surface area contributed by atoms with Crippen molar-refractivity contribution in [2.24, 2.45) is 0 Å². The first kappa shape index (κ1) is 10.5. The van der Waals surface area contributed by atoms with Gasteiger partial charge in [0.1, 0.15) is 0 Å². The lowest BCUT2D eigenvalue weighted by Gasteiger charge is -1.98. The smallest absolute Gasteiger partial charge is 0.0299 e. The Bertz CT molecular complexity index is 292. The second-order valence-electron chi connectivity index (χ2n) is 3.65. The van der Waals surface area contributed by atoms with Gasteiger partial charge < -0.3 is 0 Å². The fraction of sp³-hybridized carbons (Fsp3) is 0.500. The minimum absolute atomic E-state index is 0.660. The molecule has 0 fully saturated rings. The average molecular weight is 194 g/mol. The van der Waals surface area contributed by atoms with Crippen LogP contribution in [0.3, 0.4) is 0 Å². The molecule has 0 saturated carbocycles. The molecule has 13 heavy (non-hydrogen) atoms. The molecule has 1 aromatic heterocycles. The number of rotatable bonds is 3. The van der Waals surface area contributed by atoms with Crippen LogP contribution in [0.1, 0.15) is 49.8 Å². The summed E-state index contributed by atoms with van der Waals surface area (Å²) in [6.07, 6.45) is 3.41. The second kappa shape index (κ2) is 4.61. The Morgan fingerprint density at radius 1 is 1.46 bits per heavy atom. The van der Waals surface area contributed by atoms with Crippen LogP contribution in [0.4, 0.5) is 0 Å². The van der Waals surface area contributed by atoms with Crippen LogP contribution >= 0.6 is 11.3 Å². The Morgan fingerprint density at radius 3 is 2.62 bits per heavy atom. The van der Waals surface area contributed by atoms with Crippen molar-refractivity contribution in [3.8, 4) is 0 Å². The molecule has 0 radical (unpaired) electrons. The van der Waals surface area contributed by atoms with Crippen LogP contribution in [0.2, 0.25) is 0 Å². The predicted octanol–water partition coefficient (Wildman–Crippen LogP) is 4.68. The van der Waals surface area contributed by atoms with Gasteiger partial charge in [-0.1, -0.05) is 26.8 Å². The summed E-state index contributed by atoms with van der Waals surface area (Å²) >= 11 is 1.92. The van der Waals surface area contributed by atoms with E-state index < -0.39 is 0 Å². The van der Waals surface area contributed by atoms with Gasteiger partial charge in [0.2, 0.25) is 0 Å². The molecular formula is C12H18S. The minimum atomic E-state index is 0.660. The zero-order valence-corrected chi connectivity index (χ0v) is 9.74. The maximum atomic E-state index is 2.29. The van der Waals surface area contributed by atoms with E-state index in [0.29, 0.717) is 5.92 Å². The molecule has 0 nitrogen and oxygen atoms in total. The Balaban J connectivity index is 2.85. The van der Waals surface area contributed by atoms with Crippen molar-refractivity contribution in [1.82, 2.24) is 0 Å². The molecule has 0 aromatic carbocycles. The van der Waals surface area contributed by atoms with Gasteiger partial charge in [0.05, 0.1) is 0 Å². The second-order valence-corrected chi connectivity index (χ2v) is 4.77. The Labute approximate surface area is 85.3 Å². The van der Waals surface area contributed by atoms with Gasteiger partial charge in [-0.25, -0.2) is 0 Å². The number of hydrogen-bond acceptors (Lipinski definition) is 1. The van der Waals surface area contributed by atoms with E-state index in [9.17, 15) is 0 Å². The van der Waals surface area contributed by atoms with Crippen molar-refractivity contribution in [1.29, 1.82) is 0 Å². The first-order valence-electron chi connectivity index (χ1n) is 4.92. The highest BCUT2D eigenvalue weighted by molar-refractivity contribution is 7.13. The third kappa shape index (κ3) is 2.70. The number of hydrogen-bond donors (Lipinski definition) is 0. The highest BCUT2D eigenvalue weighted by Gasteiger charge is 2.04. The van der Waals surface area contributed by atoms with E-state index in [1.807, 2.05) is 11.3 Å². The quantitative estimate of drug-likeness (QED) is 0.655. The van der Waals surface area contributed by atoms with E-state index in [2.05, 4.69) is 45.9 Å². The summed E-state index contributed by atoms with van der Waals surface area (Å²) < 4.78 is 0. The van der Waals surface area contributed by atoms with Crippen molar-refractivity contribution in [2.75, 3.05) is 0 Å². The zero-order valence-electron chi connectivity index (χ0n) is 8.92. The largest absolute Gasteiger partial charge is 0.140 e. The van der Waals surface area contributed by atoms with Gasteiger partial charge in [0.25, 0.3) is 0 Å². The van der Waals surface area contributed by atoms with Crippen molar-refractivity contribution >= 4 is 16.9 Å². The van der Waals surface area contributed by atoms with E-state index in [1.54, 1.807) is 0 Å². The fourth-order valence-corrected chi connectivity index (χ4v) is 2.29. The average Bonchev–Trinajstić information content (AvgIpc) is 2.52. The molecule has 0 spiro atoms. The molecule has 0 atom stereocenters. The summed E-state index contributed by atoms with van der Waals surface area (Å²) in [4.78, 5) is 2.91. The van der Waals surface area contributed by atoms with E-state index in [0.717, 1.165) is 6.42 Å². The highest BCUT2D eigenvalue weighted by atomic mass is 32.1. The Hall–Kier alpha value is -0.560. The van der Waals surface area contributed by atoms with Gasteiger partial charge in [-0.2, -0.15) is 0 Å². The summed E-state index contributed by atoms with van der Waals surface area (Å²) in [5.41, 5.74) is 1.42. The van der Waals surface area contributed by atoms with Crippen molar-refractivity contribution in [2.45, 2.75) is 40.0 Å². The lowest BCUT2D eigenvalue weighted by Crippen LogP contribution is -1.77. The monoisotopic (exact) mass is 194 g/mol. The number of allylic oxidation sites excluding steroid dienone is 2.